The van der Waals surface area contributed by atoms with E-state index >= 15 is 0 Å². The molecular weight excluding hydrogens is 534 g/mol. The van der Waals surface area contributed by atoms with Gasteiger partial charge in [0.2, 0.25) is 11.8 Å². The predicted octanol–water partition coefficient (Wildman–Crippen LogP) is 3.70. The van der Waals surface area contributed by atoms with Crippen LogP contribution in [-0.4, -0.2) is 45.7 Å². The fourth-order valence-electron chi connectivity index (χ4n) is 7.85. The van der Waals surface area contributed by atoms with Crippen LogP contribution < -0.4 is 5.43 Å². The SMILES string of the molecule is Cc1ccc(NN2C(=O)[C@@H]3C[C@@H]4C(=CC[C@@H]5C(=O)N(C)C(=O)[C@@H]54)[C@H](c4ccc(CO)o4)[C@]3(c3ccccc3)C2=O)cc1. The summed E-state index contributed by atoms with van der Waals surface area (Å²) < 4.78 is 6.15. The zero-order valence-electron chi connectivity index (χ0n) is 23.3. The number of likely N-dealkylation sites (tertiary alicyclic amines) is 1. The number of nitrogens with one attached hydrogen (secondary N) is 1. The number of anilines is 1. The number of furan rings is 1. The van der Waals surface area contributed by atoms with Gasteiger partial charge in [0.25, 0.3) is 11.8 Å². The number of hydrazine groups is 1. The van der Waals surface area contributed by atoms with Gasteiger partial charge in [-0.2, -0.15) is 5.01 Å². The number of carbonyl (C=O) groups excluding carboxylic acids is 4. The minimum Gasteiger partial charge on any atom is -0.463 e. The maximum atomic E-state index is 14.9. The quantitative estimate of drug-likeness (QED) is 0.358. The Bertz CT molecular complexity index is 1640. The summed E-state index contributed by atoms with van der Waals surface area (Å²) in [6, 6.07) is 20.1. The molecule has 4 amide bonds. The number of fused-ring (bicyclic) bond motifs is 4. The Morgan fingerprint density at radius 2 is 1.67 bits per heavy atom. The summed E-state index contributed by atoms with van der Waals surface area (Å²) >= 11 is 0. The van der Waals surface area contributed by atoms with Crippen molar-refractivity contribution in [1.82, 2.24) is 9.91 Å². The molecule has 0 radical (unpaired) electrons. The van der Waals surface area contributed by atoms with Crippen LogP contribution in [0.3, 0.4) is 0 Å². The molecular formula is C33H31N3O6. The van der Waals surface area contributed by atoms with E-state index in [-0.39, 0.29) is 24.8 Å². The number of imide groups is 2. The number of nitrogens with zero attached hydrogens (tertiary/aromatic N) is 2. The van der Waals surface area contributed by atoms with Crippen molar-refractivity contribution in [2.75, 3.05) is 12.5 Å². The lowest BCUT2D eigenvalue weighted by Crippen LogP contribution is -2.53. The molecule has 3 heterocycles. The summed E-state index contributed by atoms with van der Waals surface area (Å²) in [5.74, 6) is -3.64. The van der Waals surface area contributed by atoms with Crippen LogP contribution in [0.15, 0.2) is 82.8 Å². The maximum Gasteiger partial charge on any atom is 0.260 e. The summed E-state index contributed by atoms with van der Waals surface area (Å²) in [6.45, 7) is 1.63. The summed E-state index contributed by atoms with van der Waals surface area (Å²) in [5.41, 5.74) is 4.82. The first-order valence-corrected chi connectivity index (χ1v) is 14.3. The third-order valence-electron chi connectivity index (χ3n) is 9.74. The van der Waals surface area contributed by atoms with Gasteiger partial charge in [-0.05, 0) is 55.5 Å². The second-order valence-corrected chi connectivity index (χ2v) is 11.8. The molecule has 2 N–H and O–H groups in total. The van der Waals surface area contributed by atoms with Crippen LogP contribution in [0.1, 0.15) is 41.4 Å². The van der Waals surface area contributed by atoms with Gasteiger partial charge in [-0.1, -0.05) is 59.7 Å². The number of benzene rings is 2. The molecule has 9 nitrogen and oxygen atoms in total. The van der Waals surface area contributed by atoms with E-state index in [4.69, 9.17) is 4.42 Å². The summed E-state index contributed by atoms with van der Waals surface area (Å²) in [6.07, 6.45) is 2.57. The molecule has 2 saturated heterocycles. The molecule has 0 unspecified atom stereocenters. The first kappa shape index (κ1) is 26.4. The lowest BCUT2D eigenvalue weighted by Gasteiger charge is -2.49. The smallest absolute Gasteiger partial charge is 0.260 e. The largest absolute Gasteiger partial charge is 0.463 e. The number of aliphatic hydroxyl groups is 1. The van der Waals surface area contributed by atoms with Crippen LogP contribution in [0.5, 0.6) is 0 Å². The number of carbonyl (C=O) groups is 4. The molecule has 2 aromatic carbocycles. The molecule has 0 bridgehead atoms. The van der Waals surface area contributed by atoms with Crippen LogP contribution in [0.4, 0.5) is 5.69 Å². The minimum atomic E-state index is -1.38. The first-order chi connectivity index (χ1) is 20.3. The van der Waals surface area contributed by atoms with Gasteiger partial charge in [0.15, 0.2) is 0 Å². The highest BCUT2D eigenvalue weighted by atomic mass is 16.4. The van der Waals surface area contributed by atoms with Gasteiger partial charge in [0, 0.05) is 7.05 Å². The standard InChI is InChI=1S/C33H31N3O6/c1-18-8-10-20(11-9-18)34-36-30(39)25-16-24-22(13-14-23-27(24)31(40)35(2)29(23)38)28(26-15-12-21(17-37)42-26)33(25,32(36)41)19-6-4-3-5-7-19/h3-13,15,23-25,27-28,34,37H,14,16-17H2,1-2H3/t23-,24+,25-,27-,28+,33+/m0/s1. The van der Waals surface area contributed by atoms with E-state index in [2.05, 4.69) is 5.43 Å². The maximum absolute atomic E-state index is 14.9. The van der Waals surface area contributed by atoms with Crippen LogP contribution in [0.2, 0.25) is 0 Å². The van der Waals surface area contributed by atoms with Gasteiger partial charge in [-0.25, -0.2) is 0 Å². The zero-order valence-corrected chi connectivity index (χ0v) is 23.3. The Kier molecular flexibility index (Phi) is 5.99. The van der Waals surface area contributed by atoms with Crippen molar-refractivity contribution in [1.29, 1.82) is 0 Å². The molecule has 4 aliphatic rings. The van der Waals surface area contributed by atoms with Gasteiger partial charge >= 0.3 is 0 Å². The van der Waals surface area contributed by atoms with Gasteiger partial charge in [0.05, 0.1) is 29.4 Å². The lowest BCUT2D eigenvalue weighted by atomic mass is 9.50. The summed E-state index contributed by atoms with van der Waals surface area (Å²) in [4.78, 5) is 57.0. The van der Waals surface area contributed by atoms with Gasteiger partial charge in [-0.15, -0.1) is 0 Å². The number of aliphatic hydroxyl groups excluding tert-OH is 1. The Balaban J connectivity index is 1.45. The molecule has 42 heavy (non-hydrogen) atoms. The molecule has 9 heteroatoms. The number of rotatable bonds is 5. The van der Waals surface area contributed by atoms with E-state index in [9.17, 15) is 24.3 Å². The van der Waals surface area contributed by atoms with E-state index in [0.717, 1.165) is 16.1 Å². The highest BCUT2D eigenvalue weighted by Crippen LogP contribution is 2.64. The number of hydrogen-bond donors (Lipinski definition) is 2. The topological polar surface area (TPSA) is 120 Å². The third kappa shape index (κ3) is 3.52. The van der Waals surface area contributed by atoms with Crippen molar-refractivity contribution < 1.29 is 28.7 Å². The molecule has 3 fully saturated rings. The van der Waals surface area contributed by atoms with E-state index in [0.29, 0.717) is 29.2 Å². The van der Waals surface area contributed by atoms with Crippen molar-refractivity contribution in [3.63, 3.8) is 0 Å². The summed E-state index contributed by atoms with van der Waals surface area (Å²) in [5, 5.41) is 11.0. The van der Waals surface area contributed by atoms with Gasteiger partial charge in [-0.3, -0.25) is 29.5 Å². The molecule has 214 valence electrons. The number of amides is 4. The van der Waals surface area contributed by atoms with Crippen molar-refractivity contribution in [3.05, 3.63) is 101 Å². The predicted molar refractivity (Wildman–Crippen MR) is 151 cm³/mol. The highest BCUT2D eigenvalue weighted by Gasteiger charge is 2.70. The molecule has 2 aliphatic heterocycles. The lowest BCUT2D eigenvalue weighted by molar-refractivity contribution is -0.140. The van der Waals surface area contributed by atoms with Crippen molar-refractivity contribution in [2.24, 2.45) is 23.7 Å². The summed E-state index contributed by atoms with van der Waals surface area (Å²) in [7, 11) is 1.51. The highest BCUT2D eigenvalue weighted by molar-refractivity contribution is 6.13. The number of hydrogen-bond acceptors (Lipinski definition) is 7. The van der Waals surface area contributed by atoms with Crippen molar-refractivity contribution >= 4 is 29.3 Å². The van der Waals surface area contributed by atoms with Crippen LogP contribution >= 0.6 is 0 Å². The average Bonchev–Trinajstić information content (AvgIpc) is 3.64. The van der Waals surface area contributed by atoms with E-state index in [1.807, 2.05) is 67.6 Å². The fraction of sp³-hybridized carbons (Fsp3) is 0.333. The van der Waals surface area contributed by atoms with Crippen LogP contribution in [0, 0.1) is 30.6 Å². The molecule has 0 spiro atoms. The van der Waals surface area contributed by atoms with E-state index in [1.54, 1.807) is 12.1 Å². The van der Waals surface area contributed by atoms with Gasteiger partial charge in [0.1, 0.15) is 23.5 Å². The third-order valence-corrected chi connectivity index (χ3v) is 9.74. The minimum absolute atomic E-state index is 0.214. The zero-order chi connectivity index (χ0) is 29.3. The number of aryl methyl sites for hydroxylation is 1. The van der Waals surface area contributed by atoms with Crippen molar-refractivity contribution in [3.8, 4) is 0 Å². The second-order valence-electron chi connectivity index (χ2n) is 11.8. The molecule has 3 aromatic rings. The second kappa shape index (κ2) is 9.52. The number of allylic oxidation sites excluding steroid dienone is 2. The average molecular weight is 566 g/mol. The Hall–Kier alpha value is -4.50. The van der Waals surface area contributed by atoms with Crippen molar-refractivity contribution in [2.45, 2.75) is 37.7 Å². The Labute approximate surface area is 242 Å². The van der Waals surface area contributed by atoms with E-state index in [1.165, 1.54) is 11.9 Å². The van der Waals surface area contributed by atoms with Crippen LogP contribution in [-0.2, 0) is 31.2 Å². The molecule has 1 aromatic heterocycles. The first-order valence-electron chi connectivity index (χ1n) is 14.3. The fourth-order valence-corrected chi connectivity index (χ4v) is 7.85. The Morgan fingerprint density at radius 3 is 2.36 bits per heavy atom. The van der Waals surface area contributed by atoms with Crippen LogP contribution in [0.25, 0.3) is 0 Å². The van der Waals surface area contributed by atoms with Gasteiger partial charge < -0.3 is 9.52 Å². The normalized spacial score (nSPS) is 30.3. The van der Waals surface area contributed by atoms with E-state index < -0.39 is 46.8 Å². The monoisotopic (exact) mass is 565 g/mol. The molecule has 6 atom stereocenters. The molecule has 2 aliphatic carbocycles. The molecule has 1 saturated carbocycles. The Morgan fingerprint density at radius 1 is 0.929 bits per heavy atom. The molecule has 7 rings (SSSR count).